The second-order valence-electron chi connectivity index (χ2n) is 5.09. The zero-order chi connectivity index (χ0) is 15.6. The van der Waals surface area contributed by atoms with Gasteiger partial charge in [-0.1, -0.05) is 17.7 Å². The van der Waals surface area contributed by atoms with E-state index >= 15 is 0 Å². The van der Waals surface area contributed by atoms with Gasteiger partial charge in [0.1, 0.15) is 0 Å². The van der Waals surface area contributed by atoms with Crippen molar-refractivity contribution in [2.24, 2.45) is 0 Å². The van der Waals surface area contributed by atoms with Crippen molar-refractivity contribution >= 4 is 44.3 Å². The fourth-order valence-corrected chi connectivity index (χ4v) is 4.76. The average molecular weight is 358 g/mol. The number of nitrogens with zero attached hydrogens (tertiary/aromatic N) is 2. The summed E-state index contributed by atoms with van der Waals surface area (Å²) in [5, 5.41) is 2.19. The highest BCUT2D eigenvalue weighted by molar-refractivity contribution is 7.94. The third-order valence-electron chi connectivity index (χ3n) is 3.54. The largest absolute Gasteiger partial charge is 0.369 e. The molecule has 1 aromatic heterocycles. The highest BCUT2D eigenvalue weighted by Crippen LogP contribution is 2.36. The van der Waals surface area contributed by atoms with Crippen molar-refractivity contribution in [1.29, 1.82) is 0 Å². The van der Waals surface area contributed by atoms with Crippen LogP contribution in [0.25, 0.3) is 0 Å². The molecule has 0 saturated carbocycles. The van der Waals surface area contributed by atoms with E-state index in [2.05, 4.69) is 14.6 Å². The Bertz CT molecular complexity index is 741. The predicted octanol–water partition coefficient (Wildman–Crippen LogP) is 3.59. The van der Waals surface area contributed by atoms with Gasteiger partial charge in [0.15, 0.2) is 0 Å². The highest BCUT2D eigenvalue weighted by atomic mass is 35.5. The number of para-hydroxylation sites is 1. The molecule has 1 fully saturated rings. The highest BCUT2D eigenvalue weighted by Gasteiger charge is 2.23. The van der Waals surface area contributed by atoms with Gasteiger partial charge >= 0.3 is 0 Å². The van der Waals surface area contributed by atoms with Crippen LogP contribution in [-0.4, -0.2) is 26.5 Å². The SMILES string of the molecule is O=S(=O)(Nc1cccc(Cl)c1N1CCCCC1)c1nccs1. The lowest BCUT2D eigenvalue weighted by atomic mass is 10.1. The summed E-state index contributed by atoms with van der Waals surface area (Å²) >= 11 is 7.41. The molecular weight excluding hydrogens is 342 g/mol. The number of rotatable bonds is 4. The maximum absolute atomic E-state index is 12.4. The molecule has 0 atom stereocenters. The molecule has 3 rings (SSSR count). The molecule has 1 aliphatic rings. The second-order valence-corrected chi connectivity index (χ2v) is 8.25. The van der Waals surface area contributed by atoms with E-state index in [1.54, 1.807) is 23.6 Å². The normalized spacial score (nSPS) is 15.8. The summed E-state index contributed by atoms with van der Waals surface area (Å²) in [5.74, 6) is 0. The molecule has 1 aliphatic heterocycles. The number of benzene rings is 1. The Labute approximate surface area is 139 Å². The zero-order valence-electron chi connectivity index (χ0n) is 11.8. The van der Waals surface area contributed by atoms with Crippen LogP contribution < -0.4 is 9.62 Å². The van der Waals surface area contributed by atoms with Crippen LogP contribution in [-0.2, 0) is 10.0 Å². The molecule has 0 unspecified atom stereocenters. The van der Waals surface area contributed by atoms with E-state index in [9.17, 15) is 8.42 Å². The number of hydrogen-bond donors (Lipinski definition) is 1. The van der Waals surface area contributed by atoms with Crippen LogP contribution in [0.5, 0.6) is 0 Å². The van der Waals surface area contributed by atoms with Crippen molar-refractivity contribution in [1.82, 2.24) is 4.98 Å². The van der Waals surface area contributed by atoms with Crippen LogP contribution in [0.1, 0.15) is 19.3 Å². The first kappa shape index (κ1) is 15.6. The summed E-state index contributed by atoms with van der Waals surface area (Å²) in [7, 11) is -3.68. The molecule has 8 heteroatoms. The first-order valence-electron chi connectivity index (χ1n) is 7.04. The van der Waals surface area contributed by atoms with Gasteiger partial charge in [-0.25, -0.2) is 4.98 Å². The van der Waals surface area contributed by atoms with Crippen molar-refractivity contribution in [3.63, 3.8) is 0 Å². The van der Waals surface area contributed by atoms with Crippen LogP contribution in [0.15, 0.2) is 34.1 Å². The Balaban J connectivity index is 1.95. The molecule has 1 saturated heterocycles. The minimum atomic E-state index is -3.68. The molecule has 0 spiro atoms. The maximum atomic E-state index is 12.4. The van der Waals surface area contributed by atoms with Gasteiger partial charge in [0.2, 0.25) is 4.34 Å². The lowest BCUT2D eigenvalue weighted by Gasteiger charge is -2.31. The van der Waals surface area contributed by atoms with Crippen molar-refractivity contribution in [2.75, 3.05) is 22.7 Å². The quantitative estimate of drug-likeness (QED) is 0.908. The van der Waals surface area contributed by atoms with E-state index in [0.29, 0.717) is 10.7 Å². The summed E-state index contributed by atoms with van der Waals surface area (Å²) in [6.45, 7) is 1.77. The molecule has 0 bridgehead atoms. The molecule has 0 radical (unpaired) electrons. The Hall–Kier alpha value is -1.31. The zero-order valence-corrected chi connectivity index (χ0v) is 14.2. The Morgan fingerprint density at radius 1 is 1.23 bits per heavy atom. The summed E-state index contributed by atoms with van der Waals surface area (Å²) in [4.78, 5) is 6.01. The third kappa shape index (κ3) is 3.21. The first-order valence-corrected chi connectivity index (χ1v) is 9.78. The summed E-state index contributed by atoms with van der Waals surface area (Å²) < 4.78 is 27.4. The number of aromatic nitrogens is 1. The Morgan fingerprint density at radius 3 is 2.68 bits per heavy atom. The summed E-state index contributed by atoms with van der Waals surface area (Å²) in [5.41, 5.74) is 1.26. The molecule has 1 aromatic carbocycles. The third-order valence-corrected chi connectivity index (χ3v) is 6.41. The number of anilines is 2. The second kappa shape index (κ2) is 6.44. The smallest absolute Gasteiger partial charge is 0.289 e. The topological polar surface area (TPSA) is 62.3 Å². The standard InChI is InChI=1S/C14H16ClN3O2S2/c15-11-5-4-6-12(13(11)18-8-2-1-3-9-18)17-22(19,20)14-16-7-10-21-14/h4-7,10,17H,1-3,8-9H2. The molecule has 22 heavy (non-hydrogen) atoms. The molecule has 0 amide bonds. The van der Waals surface area contributed by atoms with Crippen LogP contribution in [0, 0.1) is 0 Å². The van der Waals surface area contributed by atoms with Crippen LogP contribution in [0.2, 0.25) is 5.02 Å². The van der Waals surface area contributed by atoms with E-state index in [-0.39, 0.29) is 4.34 Å². The molecule has 5 nitrogen and oxygen atoms in total. The number of thiazole rings is 1. The maximum Gasteiger partial charge on any atom is 0.289 e. The number of nitrogens with one attached hydrogen (secondary N) is 1. The summed E-state index contributed by atoms with van der Waals surface area (Å²) in [6.07, 6.45) is 4.84. The molecule has 118 valence electrons. The Kier molecular flexibility index (Phi) is 4.56. The van der Waals surface area contributed by atoms with Crippen molar-refractivity contribution in [3.05, 3.63) is 34.8 Å². The van der Waals surface area contributed by atoms with Gasteiger partial charge in [0, 0.05) is 24.7 Å². The number of hydrogen-bond acceptors (Lipinski definition) is 5. The lowest BCUT2D eigenvalue weighted by Crippen LogP contribution is -2.30. The van der Waals surface area contributed by atoms with Crippen molar-refractivity contribution in [2.45, 2.75) is 23.6 Å². The van der Waals surface area contributed by atoms with E-state index in [0.717, 1.165) is 43.0 Å². The van der Waals surface area contributed by atoms with Gasteiger partial charge in [0.05, 0.1) is 16.4 Å². The summed E-state index contributed by atoms with van der Waals surface area (Å²) in [6, 6.07) is 5.27. The van der Waals surface area contributed by atoms with Crippen LogP contribution in [0.3, 0.4) is 0 Å². The molecule has 2 aromatic rings. The van der Waals surface area contributed by atoms with Crippen molar-refractivity contribution < 1.29 is 8.42 Å². The Morgan fingerprint density at radius 2 is 2.00 bits per heavy atom. The molecule has 2 heterocycles. The number of sulfonamides is 1. The van der Waals surface area contributed by atoms with Gasteiger partial charge in [-0.15, -0.1) is 11.3 Å². The van der Waals surface area contributed by atoms with Gasteiger partial charge in [-0.2, -0.15) is 8.42 Å². The fourth-order valence-electron chi connectivity index (χ4n) is 2.57. The average Bonchev–Trinajstić information content (AvgIpc) is 3.03. The van der Waals surface area contributed by atoms with E-state index in [1.165, 1.54) is 12.6 Å². The lowest BCUT2D eigenvalue weighted by molar-refractivity contribution is 0.578. The van der Waals surface area contributed by atoms with Crippen LogP contribution >= 0.6 is 22.9 Å². The number of halogens is 1. The minimum Gasteiger partial charge on any atom is -0.369 e. The monoisotopic (exact) mass is 357 g/mol. The van der Waals surface area contributed by atoms with E-state index < -0.39 is 10.0 Å². The van der Waals surface area contributed by atoms with Gasteiger partial charge in [0.25, 0.3) is 10.0 Å². The molecular formula is C14H16ClN3O2S2. The van der Waals surface area contributed by atoms with E-state index in [4.69, 9.17) is 11.6 Å². The first-order chi connectivity index (χ1) is 10.6. The van der Waals surface area contributed by atoms with Crippen LogP contribution in [0.4, 0.5) is 11.4 Å². The van der Waals surface area contributed by atoms with Gasteiger partial charge in [-0.05, 0) is 31.4 Å². The predicted molar refractivity (Wildman–Crippen MR) is 90.4 cm³/mol. The van der Waals surface area contributed by atoms with E-state index in [1.807, 2.05) is 0 Å². The molecule has 1 N–H and O–H groups in total. The van der Waals surface area contributed by atoms with Gasteiger partial charge in [-0.3, -0.25) is 4.72 Å². The fraction of sp³-hybridized carbons (Fsp3) is 0.357. The van der Waals surface area contributed by atoms with Gasteiger partial charge < -0.3 is 4.90 Å². The molecule has 0 aliphatic carbocycles. The minimum absolute atomic E-state index is 0.0528. The number of piperidine rings is 1. The van der Waals surface area contributed by atoms with Crippen molar-refractivity contribution in [3.8, 4) is 0 Å².